The number of sulfonamides is 1. The Labute approximate surface area is 179 Å². The summed E-state index contributed by atoms with van der Waals surface area (Å²) in [7, 11) is -3.37. The van der Waals surface area contributed by atoms with Crippen molar-refractivity contribution in [2.24, 2.45) is 5.92 Å². The summed E-state index contributed by atoms with van der Waals surface area (Å²) in [5.74, 6) is -2.75. The van der Waals surface area contributed by atoms with Gasteiger partial charge in [0.1, 0.15) is 11.6 Å². The molecule has 1 aliphatic rings. The number of amides is 2. The molecule has 2 aromatic rings. The summed E-state index contributed by atoms with van der Waals surface area (Å²) in [5.41, 5.74) is 0.735. The molecule has 166 valence electrons. The summed E-state index contributed by atoms with van der Waals surface area (Å²) in [6.45, 7) is 2.10. The lowest BCUT2D eigenvalue weighted by atomic mass is 9.95. The molecule has 1 aliphatic heterocycles. The van der Waals surface area contributed by atoms with Crippen molar-refractivity contribution in [3.05, 3.63) is 59.7 Å². The second-order valence-corrected chi connectivity index (χ2v) is 9.27. The summed E-state index contributed by atoms with van der Waals surface area (Å²) in [6.07, 6.45) is 0.823. The maximum atomic E-state index is 13.9. The highest BCUT2D eigenvalue weighted by atomic mass is 32.2. The van der Waals surface area contributed by atoms with Gasteiger partial charge < -0.3 is 10.2 Å². The molecule has 2 amide bonds. The molecule has 0 bridgehead atoms. The minimum atomic E-state index is -3.37. The van der Waals surface area contributed by atoms with Gasteiger partial charge in [0.2, 0.25) is 15.9 Å². The van der Waals surface area contributed by atoms with Crippen LogP contribution in [0.4, 0.5) is 20.2 Å². The Morgan fingerprint density at radius 1 is 1.03 bits per heavy atom. The number of anilines is 2. The number of hydrogen-bond donors (Lipinski definition) is 2. The van der Waals surface area contributed by atoms with Gasteiger partial charge in [0.05, 0.1) is 11.3 Å². The molecule has 0 unspecified atom stereocenters. The van der Waals surface area contributed by atoms with Gasteiger partial charge >= 0.3 is 0 Å². The van der Waals surface area contributed by atoms with Crippen LogP contribution in [-0.2, 0) is 14.8 Å². The minimum absolute atomic E-state index is 0.0412. The van der Waals surface area contributed by atoms with Crippen LogP contribution in [0.15, 0.2) is 42.5 Å². The molecule has 1 fully saturated rings. The number of nitrogens with one attached hydrogen (secondary N) is 2. The van der Waals surface area contributed by atoms with E-state index in [1.54, 1.807) is 24.3 Å². The fourth-order valence-electron chi connectivity index (χ4n) is 3.30. The van der Waals surface area contributed by atoms with E-state index in [0.29, 0.717) is 30.3 Å². The van der Waals surface area contributed by atoms with E-state index < -0.39 is 27.6 Å². The molecular weight excluding hydrogens is 428 g/mol. The standard InChI is InChI=1S/C21H23F2N3O4S/c1-2-31(29,30)25-17-6-4-16(5-7-17)24-20(27)14-9-11-26(12-10-14)21(28)18-8-3-15(22)13-19(18)23/h3-8,13-14,25H,2,9-12H2,1H3,(H,24,27). The van der Waals surface area contributed by atoms with Crippen molar-refractivity contribution in [1.82, 2.24) is 4.90 Å². The van der Waals surface area contributed by atoms with Crippen LogP contribution in [0.5, 0.6) is 0 Å². The summed E-state index contributed by atoms with van der Waals surface area (Å²) in [5, 5.41) is 2.79. The lowest BCUT2D eigenvalue weighted by Gasteiger charge is -2.31. The van der Waals surface area contributed by atoms with Crippen LogP contribution in [0, 0.1) is 17.6 Å². The number of carbonyl (C=O) groups is 2. The van der Waals surface area contributed by atoms with Gasteiger partial charge in [-0.05, 0) is 56.2 Å². The number of rotatable bonds is 6. The van der Waals surface area contributed by atoms with E-state index in [9.17, 15) is 26.8 Å². The molecule has 2 aromatic carbocycles. The maximum absolute atomic E-state index is 13.9. The van der Waals surface area contributed by atoms with E-state index in [1.807, 2.05) is 0 Å². The fraction of sp³-hybridized carbons (Fsp3) is 0.333. The first-order valence-corrected chi connectivity index (χ1v) is 11.5. The van der Waals surface area contributed by atoms with Gasteiger partial charge in [0, 0.05) is 36.4 Å². The van der Waals surface area contributed by atoms with Crippen molar-refractivity contribution < 1.29 is 26.8 Å². The van der Waals surface area contributed by atoms with Crippen molar-refractivity contribution >= 4 is 33.2 Å². The highest BCUT2D eigenvalue weighted by molar-refractivity contribution is 7.92. The monoisotopic (exact) mass is 451 g/mol. The molecule has 10 heteroatoms. The van der Waals surface area contributed by atoms with Gasteiger partial charge in [-0.3, -0.25) is 14.3 Å². The Morgan fingerprint density at radius 3 is 2.23 bits per heavy atom. The highest BCUT2D eigenvalue weighted by Crippen LogP contribution is 2.23. The molecule has 1 saturated heterocycles. The number of carbonyl (C=O) groups excluding carboxylic acids is 2. The Bertz CT molecular complexity index is 1070. The molecule has 7 nitrogen and oxygen atoms in total. The average Bonchev–Trinajstić information content (AvgIpc) is 2.74. The summed E-state index contributed by atoms with van der Waals surface area (Å²) in [4.78, 5) is 26.5. The molecule has 1 heterocycles. The molecule has 0 spiro atoms. The zero-order valence-corrected chi connectivity index (χ0v) is 17.7. The van der Waals surface area contributed by atoms with Crippen LogP contribution < -0.4 is 10.0 Å². The van der Waals surface area contributed by atoms with Crippen molar-refractivity contribution in [1.29, 1.82) is 0 Å². The molecule has 31 heavy (non-hydrogen) atoms. The van der Waals surface area contributed by atoms with Crippen LogP contribution in [0.1, 0.15) is 30.1 Å². The second-order valence-electron chi connectivity index (χ2n) is 7.26. The molecule has 0 saturated carbocycles. The molecule has 0 atom stereocenters. The summed E-state index contributed by atoms with van der Waals surface area (Å²) < 4.78 is 52.5. The zero-order chi connectivity index (χ0) is 22.6. The SMILES string of the molecule is CCS(=O)(=O)Nc1ccc(NC(=O)C2CCN(C(=O)c3ccc(F)cc3F)CC2)cc1. The smallest absolute Gasteiger partial charge is 0.256 e. The Hall–Kier alpha value is -3.01. The van der Waals surface area contributed by atoms with Crippen LogP contribution in [0.3, 0.4) is 0 Å². The summed E-state index contributed by atoms with van der Waals surface area (Å²) in [6, 6.07) is 9.14. The van der Waals surface area contributed by atoms with Crippen molar-refractivity contribution in [3.8, 4) is 0 Å². The van der Waals surface area contributed by atoms with Crippen LogP contribution >= 0.6 is 0 Å². The fourth-order valence-corrected chi connectivity index (χ4v) is 3.94. The molecule has 3 rings (SSSR count). The largest absolute Gasteiger partial charge is 0.339 e. The first-order valence-electron chi connectivity index (χ1n) is 9.84. The third-order valence-electron chi connectivity index (χ3n) is 5.12. The van der Waals surface area contributed by atoms with Gasteiger partial charge in [-0.25, -0.2) is 17.2 Å². The van der Waals surface area contributed by atoms with Gasteiger partial charge in [0.25, 0.3) is 5.91 Å². The van der Waals surface area contributed by atoms with E-state index in [1.165, 1.54) is 11.8 Å². The number of halogens is 2. The molecular formula is C21H23F2N3O4S. The lowest BCUT2D eigenvalue weighted by molar-refractivity contribution is -0.121. The molecule has 2 N–H and O–H groups in total. The van der Waals surface area contributed by atoms with E-state index in [4.69, 9.17) is 0 Å². The number of benzene rings is 2. The molecule has 0 aliphatic carbocycles. The molecule has 0 radical (unpaired) electrons. The highest BCUT2D eigenvalue weighted by Gasteiger charge is 2.29. The predicted octanol–water partition coefficient (Wildman–Crippen LogP) is 3.22. The van der Waals surface area contributed by atoms with Crippen LogP contribution in [0.2, 0.25) is 0 Å². The lowest BCUT2D eigenvalue weighted by Crippen LogP contribution is -2.41. The van der Waals surface area contributed by atoms with Gasteiger partial charge in [-0.2, -0.15) is 0 Å². The Kier molecular flexibility index (Phi) is 6.89. The van der Waals surface area contributed by atoms with Gasteiger partial charge in [-0.15, -0.1) is 0 Å². The van der Waals surface area contributed by atoms with Gasteiger partial charge in [-0.1, -0.05) is 0 Å². The maximum Gasteiger partial charge on any atom is 0.256 e. The quantitative estimate of drug-likeness (QED) is 0.705. The van der Waals surface area contributed by atoms with Crippen molar-refractivity contribution in [2.75, 3.05) is 28.9 Å². The number of nitrogens with zero attached hydrogens (tertiary/aromatic N) is 1. The van der Waals surface area contributed by atoms with E-state index in [2.05, 4.69) is 10.0 Å². The topological polar surface area (TPSA) is 95.6 Å². The first-order chi connectivity index (χ1) is 14.7. The number of hydrogen-bond acceptors (Lipinski definition) is 4. The van der Waals surface area contributed by atoms with E-state index in [0.717, 1.165) is 12.1 Å². The molecule has 0 aromatic heterocycles. The van der Waals surface area contributed by atoms with Gasteiger partial charge in [0.15, 0.2) is 0 Å². The number of likely N-dealkylation sites (tertiary alicyclic amines) is 1. The third kappa shape index (κ3) is 5.78. The Balaban J connectivity index is 1.54. The normalized spacial score (nSPS) is 14.9. The van der Waals surface area contributed by atoms with Crippen LogP contribution in [-0.4, -0.2) is 44.0 Å². The van der Waals surface area contributed by atoms with Crippen molar-refractivity contribution in [2.45, 2.75) is 19.8 Å². The number of piperidine rings is 1. The second kappa shape index (κ2) is 9.42. The van der Waals surface area contributed by atoms with Crippen molar-refractivity contribution in [3.63, 3.8) is 0 Å². The summed E-state index contributed by atoms with van der Waals surface area (Å²) >= 11 is 0. The third-order valence-corrected chi connectivity index (χ3v) is 6.43. The van der Waals surface area contributed by atoms with E-state index >= 15 is 0 Å². The zero-order valence-electron chi connectivity index (χ0n) is 16.9. The Morgan fingerprint density at radius 2 is 1.65 bits per heavy atom. The average molecular weight is 451 g/mol. The van der Waals surface area contributed by atoms with Crippen LogP contribution in [0.25, 0.3) is 0 Å². The minimum Gasteiger partial charge on any atom is -0.339 e. The first kappa shape index (κ1) is 22.7. The van der Waals surface area contributed by atoms with E-state index in [-0.39, 0.29) is 36.2 Å². The predicted molar refractivity (Wildman–Crippen MR) is 113 cm³/mol.